The Labute approximate surface area is 118 Å². The zero-order valence-electron chi connectivity index (χ0n) is 12.7. The zero-order valence-corrected chi connectivity index (χ0v) is 12.7. The van der Waals surface area contributed by atoms with Crippen LogP contribution in [0, 0.1) is 11.3 Å². The smallest absolute Gasteiger partial charge is 0.103 e. The number of hydrogen-bond donors (Lipinski definition) is 1. The molecule has 0 amide bonds. The minimum Gasteiger partial charge on any atom is -0.377 e. The zero-order chi connectivity index (χ0) is 14.1. The van der Waals surface area contributed by atoms with Gasteiger partial charge in [0.25, 0.3) is 0 Å². The summed E-state index contributed by atoms with van der Waals surface area (Å²) in [5.41, 5.74) is -0.371. The van der Waals surface area contributed by atoms with E-state index in [9.17, 15) is 5.26 Å². The maximum Gasteiger partial charge on any atom is 0.103 e. The molecule has 1 N–H and O–H groups in total. The Morgan fingerprint density at radius 3 is 2.89 bits per heavy atom. The van der Waals surface area contributed by atoms with Gasteiger partial charge in [0, 0.05) is 13.2 Å². The second-order valence-electron chi connectivity index (χ2n) is 5.60. The quantitative estimate of drug-likeness (QED) is 0.732. The first-order valence-electron chi connectivity index (χ1n) is 7.63. The number of ether oxygens (including phenoxy) is 1. The van der Waals surface area contributed by atoms with E-state index in [1.807, 2.05) is 13.8 Å². The van der Waals surface area contributed by atoms with Crippen molar-refractivity contribution in [2.75, 3.05) is 32.8 Å². The van der Waals surface area contributed by atoms with Gasteiger partial charge in [0.15, 0.2) is 0 Å². The Bertz CT molecular complexity index is 288. The molecule has 1 aliphatic heterocycles. The molecule has 1 aliphatic rings. The highest BCUT2D eigenvalue weighted by atomic mass is 16.5. The number of piperidine rings is 1. The number of nitriles is 1. The van der Waals surface area contributed by atoms with Gasteiger partial charge in [-0.1, -0.05) is 6.92 Å². The van der Waals surface area contributed by atoms with Crippen molar-refractivity contribution < 1.29 is 4.74 Å². The van der Waals surface area contributed by atoms with Crippen LogP contribution in [0.2, 0.25) is 0 Å². The number of nitrogens with zero attached hydrogens (tertiary/aromatic N) is 2. The van der Waals surface area contributed by atoms with Crippen molar-refractivity contribution in [3.63, 3.8) is 0 Å². The number of likely N-dealkylation sites (tertiary alicyclic amines) is 1. The largest absolute Gasteiger partial charge is 0.377 e. The minimum atomic E-state index is -0.371. The minimum absolute atomic E-state index is 0.371. The molecular formula is C15H29N3O. The van der Waals surface area contributed by atoms with Crippen LogP contribution in [-0.2, 0) is 4.74 Å². The first-order valence-corrected chi connectivity index (χ1v) is 7.63. The van der Waals surface area contributed by atoms with Gasteiger partial charge in [-0.2, -0.15) is 5.26 Å². The second kappa shape index (κ2) is 8.52. The van der Waals surface area contributed by atoms with Gasteiger partial charge < -0.3 is 9.64 Å². The molecule has 0 radical (unpaired) electrons. The molecular weight excluding hydrogens is 238 g/mol. The van der Waals surface area contributed by atoms with E-state index in [1.165, 1.54) is 19.4 Å². The summed E-state index contributed by atoms with van der Waals surface area (Å²) in [5.74, 6) is 0. The van der Waals surface area contributed by atoms with E-state index in [2.05, 4.69) is 23.2 Å². The van der Waals surface area contributed by atoms with Crippen LogP contribution in [0.5, 0.6) is 0 Å². The molecule has 19 heavy (non-hydrogen) atoms. The summed E-state index contributed by atoms with van der Waals surface area (Å²) < 4.78 is 5.71. The number of nitrogens with one attached hydrogen (secondary N) is 1. The summed E-state index contributed by atoms with van der Waals surface area (Å²) in [6.45, 7) is 11.1. The molecule has 0 aromatic carbocycles. The van der Waals surface area contributed by atoms with E-state index in [4.69, 9.17) is 4.74 Å². The topological polar surface area (TPSA) is 48.3 Å². The molecule has 1 rings (SSSR count). The molecule has 4 nitrogen and oxygen atoms in total. The molecule has 2 atom stereocenters. The van der Waals surface area contributed by atoms with Crippen molar-refractivity contribution in [3.05, 3.63) is 0 Å². The second-order valence-corrected chi connectivity index (χ2v) is 5.60. The van der Waals surface area contributed by atoms with E-state index in [-0.39, 0.29) is 5.54 Å². The molecule has 1 fully saturated rings. The fraction of sp³-hybridized carbons (Fsp3) is 0.933. The summed E-state index contributed by atoms with van der Waals surface area (Å²) in [7, 11) is 0. The van der Waals surface area contributed by atoms with Gasteiger partial charge in [-0.05, 0) is 59.2 Å². The molecule has 0 aliphatic carbocycles. The molecule has 0 bridgehead atoms. The van der Waals surface area contributed by atoms with Gasteiger partial charge in [-0.3, -0.25) is 5.32 Å². The van der Waals surface area contributed by atoms with E-state index < -0.39 is 0 Å². The van der Waals surface area contributed by atoms with Crippen LogP contribution in [-0.4, -0.2) is 49.3 Å². The third-order valence-corrected chi connectivity index (χ3v) is 3.83. The van der Waals surface area contributed by atoms with Gasteiger partial charge >= 0.3 is 0 Å². The number of hydrogen-bond acceptors (Lipinski definition) is 4. The molecule has 0 spiro atoms. The van der Waals surface area contributed by atoms with Gasteiger partial charge in [-0.25, -0.2) is 0 Å². The van der Waals surface area contributed by atoms with Crippen LogP contribution in [0.15, 0.2) is 0 Å². The van der Waals surface area contributed by atoms with Crippen LogP contribution in [0.25, 0.3) is 0 Å². The normalized spacial score (nSPS) is 23.8. The predicted octanol–water partition coefficient (Wildman–Crippen LogP) is 2.16. The molecule has 0 saturated carbocycles. The summed E-state index contributed by atoms with van der Waals surface area (Å²) >= 11 is 0. The molecule has 1 saturated heterocycles. The lowest BCUT2D eigenvalue weighted by Crippen LogP contribution is -2.43. The summed E-state index contributed by atoms with van der Waals surface area (Å²) in [6, 6.07) is 2.39. The van der Waals surface area contributed by atoms with Crippen molar-refractivity contribution >= 4 is 0 Å². The highest BCUT2D eigenvalue weighted by Crippen LogP contribution is 2.16. The van der Waals surface area contributed by atoms with E-state index >= 15 is 0 Å². The Morgan fingerprint density at radius 2 is 2.26 bits per heavy atom. The molecule has 1 heterocycles. The lowest BCUT2D eigenvalue weighted by Gasteiger charge is -2.33. The first-order chi connectivity index (χ1) is 9.13. The predicted molar refractivity (Wildman–Crippen MR) is 78.0 cm³/mol. The Balaban J connectivity index is 2.26. The third-order valence-electron chi connectivity index (χ3n) is 3.83. The van der Waals surface area contributed by atoms with Gasteiger partial charge in [0.1, 0.15) is 5.54 Å². The first kappa shape index (κ1) is 16.4. The highest BCUT2D eigenvalue weighted by Gasteiger charge is 2.23. The van der Waals surface area contributed by atoms with Gasteiger partial charge in [-0.15, -0.1) is 0 Å². The Hall–Kier alpha value is -0.630. The fourth-order valence-corrected chi connectivity index (χ4v) is 2.82. The van der Waals surface area contributed by atoms with Crippen LogP contribution in [0.3, 0.4) is 0 Å². The average molecular weight is 267 g/mol. The molecule has 110 valence electrons. The number of rotatable bonds is 8. The standard InChI is InChI=1S/C15H29N3O/c1-4-17-15(3,13-16)9-7-11-18-10-6-8-14(12-18)19-5-2/h14,17H,4-12H2,1-3H3. The SMILES string of the molecule is CCNC(C)(C#N)CCCN1CCCC(OCC)C1. The summed E-state index contributed by atoms with van der Waals surface area (Å²) in [5, 5.41) is 12.5. The average Bonchev–Trinajstić information content (AvgIpc) is 2.40. The van der Waals surface area contributed by atoms with Crippen molar-refractivity contribution in [1.29, 1.82) is 5.26 Å². The molecule has 0 aromatic rings. The summed E-state index contributed by atoms with van der Waals surface area (Å²) in [6.07, 6.45) is 4.81. The van der Waals surface area contributed by atoms with E-state index in [0.717, 1.165) is 39.1 Å². The van der Waals surface area contributed by atoms with Gasteiger partial charge in [0.2, 0.25) is 0 Å². The lowest BCUT2D eigenvalue weighted by molar-refractivity contribution is 0.00534. The Morgan fingerprint density at radius 1 is 1.47 bits per heavy atom. The van der Waals surface area contributed by atoms with E-state index in [0.29, 0.717) is 6.10 Å². The Kier molecular flexibility index (Phi) is 7.37. The van der Waals surface area contributed by atoms with Crippen molar-refractivity contribution in [2.24, 2.45) is 0 Å². The highest BCUT2D eigenvalue weighted by molar-refractivity contribution is 5.03. The van der Waals surface area contributed by atoms with Gasteiger partial charge in [0.05, 0.1) is 12.2 Å². The van der Waals surface area contributed by atoms with Crippen molar-refractivity contribution in [3.8, 4) is 6.07 Å². The van der Waals surface area contributed by atoms with E-state index in [1.54, 1.807) is 0 Å². The fourth-order valence-electron chi connectivity index (χ4n) is 2.82. The molecule has 0 aromatic heterocycles. The van der Waals surface area contributed by atoms with Crippen molar-refractivity contribution in [1.82, 2.24) is 10.2 Å². The van der Waals surface area contributed by atoms with Crippen LogP contribution < -0.4 is 5.32 Å². The van der Waals surface area contributed by atoms with Crippen molar-refractivity contribution in [2.45, 2.75) is 58.1 Å². The monoisotopic (exact) mass is 267 g/mol. The lowest BCUT2D eigenvalue weighted by atomic mass is 9.97. The maximum atomic E-state index is 9.22. The van der Waals surface area contributed by atoms with Crippen LogP contribution >= 0.6 is 0 Å². The van der Waals surface area contributed by atoms with Crippen LogP contribution in [0.1, 0.15) is 46.5 Å². The third kappa shape index (κ3) is 5.90. The molecule has 4 heteroatoms. The maximum absolute atomic E-state index is 9.22. The molecule has 2 unspecified atom stereocenters. The van der Waals surface area contributed by atoms with Crippen LogP contribution in [0.4, 0.5) is 0 Å². The summed E-state index contributed by atoms with van der Waals surface area (Å²) in [4.78, 5) is 2.48.